The first-order chi connectivity index (χ1) is 9.49. The number of hydrogen-bond donors (Lipinski definition) is 2. The van der Waals surface area contributed by atoms with Crippen molar-refractivity contribution in [2.24, 2.45) is 0 Å². The normalized spacial score (nSPS) is 26.3. The van der Waals surface area contributed by atoms with Gasteiger partial charge in [0.1, 0.15) is 0 Å². The number of carbonyl (C=O) groups excluding carboxylic acids is 1. The summed E-state index contributed by atoms with van der Waals surface area (Å²) in [6.45, 7) is 6.27. The molecule has 0 aromatic heterocycles. The second-order valence-corrected chi connectivity index (χ2v) is 6.33. The molecule has 1 fully saturated rings. The van der Waals surface area contributed by atoms with Gasteiger partial charge in [-0.25, -0.2) is 0 Å². The van der Waals surface area contributed by atoms with Gasteiger partial charge < -0.3 is 10.6 Å². The lowest BCUT2D eigenvalue weighted by atomic mass is 9.90. The van der Waals surface area contributed by atoms with E-state index < -0.39 is 0 Å². The summed E-state index contributed by atoms with van der Waals surface area (Å²) in [6.07, 6.45) is 6.96. The fourth-order valence-corrected chi connectivity index (χ4v) is 3.14. The zero-order valence-corrected chi connectivity index (χ0v) is 13.9. The van der Waals surface area contributed by atoms with Gasteiger partial charge in [-0.3, -0.25) is 9.69 Å². The van der Waals surface area contributed by atoms with E-state index in [0.717, 1.165) is 12.8 Å². The predicted molar refractivity (Wildman–Crippen MR) is 84.8 cm³/mol. The lowest BCUT2D eigenvalue weighted by Gasteiger charge is -2.37. The Morgan fingerprint density at radius 1 is 1.25 bits per heavy atom. The Morgan fingerprint density at radius 2 is 1.85 bits per heavy atom. The van der Waals surface area contributed by atoms with Crippen molar-refractivity contribution < 1.29 is 4.79 Å². The van der Waals surface area contributed by atoms with Crippen LogP contribution in [0.1, 0.15) is 59.3 Å². The standard InChI is InChI=1S/C16H33N3O/c1-6-7-12(2)18-16(20)13(3)19(5)15-10-8-14(17-4)9-11-15/h12-15,17H,6-11H2,1-5H3,(H,18,20). The Kier molecular flexibility index (Phi) is 7.52. The van der Waals surface area contributed by atoms with E-state index in [0.29, 0.717) is 12.1 Å². The van der Waals surface area contributed by atoms with Crippen molar-refractivity contribution in [3.63, 3.8) is 0 Å². The summed E-state index contributed by atoms with van der Waals surface area (Å²) in [7, 11) is 4.14. The minimum Gasteiger partial charge on any atom is -0.352 e. The Balaban J connectivity index is 2.42. The van der Waals surface area contributed by atoms with E-state index in [-0.39, 0.29) is 18.0 Å². The molecule has 0 aliphatic heterocycles. The van der Waals surface area contributed by atoms with E-state index in [4.69, 9.17) is 0 Å². The van der Waals surface area contributed by atoms with E-state index in [9.17, 15) is 4.79 Å². The average Bonchev–Trinajstić information content (AvgIpc) is 2.46. The van der Waals surface area contributed by atoms with Crippen LogP contribution in [-0.2, 0) is 4.79 Å². The largest absolute Gasteiger partial charge is 0.352 e. The van der Waals surface area contributed by atoms with Crippen molar-refractivity contribution in [1.82, 2.24) is 15.5 Å². The summed E-state index contributed by atoms with van der Waals surface area (Å²) in [5, 5.41) is 6.49. The maximum atomic E-state index is 12.3. The minimum atomic E-state index is -0.0366. The van der Waals surface area contributed by atoms with Gasteiger partial charge in [-0.2, -0.15) is 0 Å². The van der Waals surface area contributed by atoms with Gasteiger partial charge in [0.25, 0.3) is 0 Å². The summed E-state index contributed by atoms with van der Waals surface area (Å²) in [6, 6.07) is 1.45. The highest BCUT2D eigenvalue weighted by Gasteiger charge is 2.28. The van der Waals surface area contributed by atoms with Gasteiger partial charge in [-0.05, 0) is 60.0 Å². The summed E-state index contributed by atoms with van der Waals surface area (Å²) >= 11 is 0. The van der Waals surface area contributed by atoms with Gasteiger partial charge in [0.2, 0.25) is 5.91 Å². The number of amides is 1. The Labute approximate surface area is 124 Å². The van der Waals surface area contributed by atoms with Crippen molar-refractivity contribution in [1.29, 1.82) is 0 Å². The van der Waals surface area contributed by atoms with Crippen LogP contribution in [0.15, 0.2) is 0 Å². The monoisotopic (exact) mass is 283 g/mol. The van der Waals surface area contributed by atoms with Crippen molar-refractivity contribution in [3.8, 4) is 0 Å². The molecule has 0 aromatic carbocycles. The zero-order valence-electron chi connectivity index (χ0n) is 13.9. The third-order valence-electron chi connectivity index (χ3n) is 4.78. The second-order valence-electron chi connectivity index (χ2n) is 6.33. The first kappa shape index (κ1) is 17.4. The highest BCUT2D eigenvalue weighted by molar-refractivity contribution is 5.81. The van der Waals surface area contributed by atoms with E-state index in [1.165, 1.54) is 25.7 Å². The third-order valence-corrected chi connectivity index (χ3v) is 4.78. The van der Waals surface area contributed by atoms with Crippen LogP contribution in [0.2, 0.25) is 0 Å². The molecule has 118 valence electrons. The van der Waals surface area contributed by atoms with Crippen molar-refractivity contribution in [2.75, 3.05) is 14.1 Å². The molecule has 20 heavy (non-hydrogen) atoms. The Bertz CT molecular complexity index is 287. The lowest BCUT2D eigenvalue weighted by molar-refractivity contribution is -0.127. The first-order valence-electron chi connectivity index (χ1n) is 8.19. The summed E-state index contributed by atoms with van der Waals surface area (Å²) in [5.74, 6) is 0.171. The van der Waals surface area contributed by atoms with Gasteiger partial charge >= 0.3 is 0 Å². The molecular weight excluding hydrogens is 250 g/mol. The summed E-state index contributed by atoms with van der Waals surface area (Å²) in [4.78, 5) is 14.5. The average molecular weight is 283 g/mol. The van der Waals surface area contributed by atoms with E-state index in [2.05, 4.69) is 36.4 Å². The molecule has 4 heteroatoms. The number of nitrogens with one attached hydrogen (secondary N) is 2. The zero-order chi connectivity index (χ0) is 15.1. The van der Waals surface area contributed by atoms with Gasteiger partial charge in [0, 0.05) is 18.1 Å². The molecule has 0 saturated heterocycles. The van der Waals surface area contributed by atoms with Crippen LogP contribution in [0.4, 0.5) is 0 Å². The van der Waals surface area contributed by atoms with Gasteiger partial charge in [0.05, 0.1) is 6.04 Å². The highest BCUT2D eigenvalue weighted by atomic mass is 16.2. The number of likely N-dealkylation sites (N-methyl/N-ethyl adjacent to an activating group) is 1. The molecule has 2 N–H and O–H groups in total. The lowest BCUT2D eigenvalue weighted by Crippen LogP contribution is -2.51. The molecule has 0 heterocycles. The SMILES string of the molecule is CCCC(C)NC(=O)C(C)N(C)C1CCC(NC)CC1. The van der Waals surface area contributed by atoms with Gasteiger partial charge in [-0.15, -0.1) is 0 Å². The van der Waals surface area contributed by atoms with Crippen LogP contribution in [-0.4, -0.2) is 49.1 Å². The van der Waals surface area contributed by atoms with Crippen LogP contribution in [0.25, 0.3) is 0 Å². The molecule has 0 aromatic rings. The summed E-state index contributed by atoms with van der Waals surface area (Å²) in [5.41, 5.74) is 0. The fourth-order valence-electron chi connectivity index (χ4n) is 3.14. The first-order valence-corrected chi connectivity index (χ1v) is 8.19. The molecule has 0 bridgehead atoms. The second kappa shape index (κ2) is 8.63. The molecule has 1 saturated carbocycles. The Morgan fingerprint density at radius 3 is 2.35 bits per heavy atom. The fraction of sp³-hybridized carbons (Fsp3) is 0.938. The van der Waals surface area contributed by atoms with E-state index in [1.807, 2.05) is 14.0 Å². The van der Waals surface area contributed by atoms with Crippen LogP contribution >= 0.6 is 0 Å². The molecule has 1 aliphatic rings. The van der Waals surface area contributed by atoms with Crippen molar-refractivity contribution in [3.05, 3.63) is 0 Å². The predicted octanol–water partition coefficient (Wildman–Crippen LogP) is 2.14. The molecule has 1 amide bonds. The van der Waals surface area contributed by atoms with Crippen LogP contribution in [0.3, 0.4) is 0 Å². The van der Waals surface area contributed by atoms with E-state index >= 15 is 0 Å². The molecule has 2 atom stereocenters. The van der Waals surface area contributed by atoms with Crippen LogP contribution in [0.5, 0.6) is 0 Å². The highest BCUT2D eigenvalue weighted by Crippen LogP contribution is 2.23. The molecule has 4 nitrogen and oxygen atoms in total. The molecule has 1 aliphatic carbocycles. The Hall–Kier alpha value is -0.610. The molecule has 0 spiro atoms. The van der Waals surface area contributed by atoms with E-state index in [1.54, 1.807) is 0 Å². The number of rotatable bonds is 7. The molecule has 1 rings (SSSR count). The molecule has 0 radical (unpaired) electrons. The van der Waals surface area contributed by atoms with Crippen LogP contribution in [0, 0.1) is 0 Å². The van der Waals surface area contributed by atoms with Crippen molar-refractivity contribution >= 4 is 5.91 Å². The summed E-state index contributed by atoms with van der Waals surface area (Å²) < 4.78 is 0. The number of carbonyl (C=O) groups is 1. The van der Waals surface area contributed by atoms with Crippen LogP contribution < -0.4 is 10.6 Å². The van der Waals surface area contributed by atoms with Gasteiger partial charge in [0.15, 0.2) is 0 Å². The third kappa shape index (κ3) is 5.06. The number of hydrogen-bond acceptors (Lipinski definition) is 3. The maximum absolute atomic E-state index is 12.3. The minimum absolute atomic E-state index is 0.0366. The molecule has 2 unspecified atom stereocenters. The van der Waals surface area contributed by atoms with Crippen molar-refractivity contribution in [2.45, 2.75) is 83.5 Å². The quantitative estimate of drug-likeness (QED) is 0.752. The smallest absolute Gasteiger partial charge is 0.237 e. The maximum Gasteiger partial charge on any atom is 0.237 e. The van der Waals surface area contributed by atoms with Gasteiger partial charge in [-0.1, -0.05) is 13.3 Å². The number of nitrogens with zero attached hydrogens (tertiary/aromatic N) is 1. The topological polar surface area (TPSA) is 44.4 Å². The molecular formula is C16H33N3O.